The molecule has 0 fully saturated rings. The van der Waals surface area contributed by atoms with Crippen LogP contribution in [-0.4, -0.2) is 38.2 Å². The van der Waals surface area contributed by atoms with Crippen molar-refractivity contribution < 1.29 is 14.3 Å². The van der Waals surface area contributed by atoms with E-state index in [1.165, 1.54) is 23.3 Å². The highest BCUT2D eigenvalue weighted by Gasteiger charge is 2.19. The number of rotatable bonds is 6. The quantitative estimate of drug-likeness (QED) is 0.569. The number of hydrogen-bond acceptors (Lipinski definition) is 7. The van der Waals surface area contributed by atoms with Gasteiger partial charge in [0.25, 0.3) is 0 Å². The van der Waals surface area contributed by atoms with Gasteiger partial charge in [0, 0.05) is 0 Å². The Morgan fingerprint density at radius 2 is 2.11 bits per heavy atom. The average molecular weight is 261 g/mol. The molecule has 2 rings (SSSR count). The van der Waals surface area contributed by atoms with Crippen LogP contribution in [0.5, 0.6) is 0 Å². The van der Waals surface area contributed by atoms with Crippen molar-refractivity contribution in [2.75, 3.05) is 5.73 Å². The largest absolute Gasteiger partial charge is 0.382 e. The maximum atomic E-state index is 11.1. The lowest BCUT2D eigenvalue weighted by molar-refractivity contribution is -0.132. The van der Waals surface area contributed by atoms with Crippen molar-refractivity contribution in [3.8, 4) is 0 Å². The van der Waals surface area contributed by atoms with Crippen molar-refractivity contribution in [2.45, 2.75) is 12.3 Å². The molecule has 0 radical (unpaired) electrons. The predicted octanol–water partition coefficient (Wildman–Crippen LogP) is -0.124. The van der Waals surface area contributed by atoms with E-state index in [1.807, 2.05) is 0 Å². The average Bonchev–Trinajstić information content (AvgIpc) is 2.86. The van der Waals surface area contributed by atoms with Crippen molar-refractivity contribution in [2.24, 2.45) is 0 Å². The fraction of sp³-hybridized carbons (Fsp3) is 0.182. The SMILES string of the molecule is C=C[C@@H](C=O)O[C@@H](C=O)n1cnc2c(N)ncnc21. The lowest BCUT2D eigenvalue weighted by Gasteiger charge is -2.15. The number of aromatic nitrogens is 4. The van der Waals surface area contributed by atoms with Gasteiger partial charge in [-0.25, -0.2) is 15.0 Å². The van der Waals surface area contributed by atoms with Gasteiger partial charge in [-0.05, 0) is 0 Å². The van der Waals surface area contributed by atoms with Gasteiger partial charge in [0.15, 0.2) is 30.3 Å². The van der Waals surface area contributed by atoms with Crippen molar-refractivity contribution in [3.05, 3.63) is 25.3 Å². The van der Waals surface area contributed by atoms with E-state index in [0.29, 0.717) is 23.7 Å². The van der Waals surface area contributed by atoms with Gasteiger partial charge in [-0.15, -0.1) is 6.58 Å². The van der Waals surface area contributed by atoms with Gasteiger partial charge in [-0.1, -0.05) is 6.08 Å². The molecule has 19 heavy (non-hydrogen) atoms. The van der Waals surface area contributed by atoms with Gasteiger partial charge in [0.2, 0.25) is 0 Å². The van der Waals surface area contributed by atoms with Gasteiger partial charge in [0.05, 0.1) is 6.33 Å². The number of fused-ring (bicyclic) bond motifs is 1. The number of carbonyl (C=O) groups excluding carboxylic acids is 2. The van der Waals surface area contributed by atoms with Crippen LogP contribution < -0.4 is 5.73 Å². The van der Waals surface area contributed by atoms with Crippen LogP contribution in [0.2, 0.25) is 0 Å². The molecule has 0 unspecified atom stereocenters. The summed E-state index contributed by atoms with van der Waals surface area (Å²) in [4.78, 5) is 33.6. The Morgan fingerprint density at radius 3 is 2.74 bits per heavy atom. The zero-order chi connectivity index (χ0) is 13.8. The normalized spacial score (nSPS) is 13.9. The van der Waals surface area contributed by atoms with E-state index in [1.54, 1.807) is 0 Å². The van der Waals surface area contributed by atoms with Crippen LogP contribution >= 0.6 is 0 Å². The number of ether oxygens (including phenoxy) is 1. The Bertz CT molecular complexity index is 616. The first-order chi connectivity index (χ1) is 9.21. The summed E-state index contributed by atoms with van der Waals surface area (Å²) in [7, 11) is 0. The van der Waals surface area contributed by atoms with Crippen LogP contribution in [0.25, 0.3) is 11.2 Å². The Morgan fingerprint density at radius 1 is 1.32 bits per heavy atom. The highest BCUT2D eigenvalue weighted by atomic mass is 16.5. The molecule has 0 aliphatic heterocycles. The van der Waals surface area contributed by atoms with Crippen LogP contribution in [0.1, 0.15) is 6.23 Å². The van der Waals surface area contributed by atoms with E-state index >= 15 is 0 Å². The van der Waals surface area contributed by atoms with Gasteiger partial charge in [-0.2, -0.15) is 0 Å². The standard InChI is InChI=1S/C11H11N5O3/c1-2-7(3-17)19-8(4-18)16-6-15-9-10(12)13-5-14-11(9)16/h2-8H,1H2,(H2,12,13,14)/t7-,8-/m0/s1. The molecular formula is C11H11N5O3. The molecule has 0 bridgehead atoms. The zero-order valence-corrected chi connectivity index (χ0v) is 9.84. The van der Waals surface area contributed by atoms with E-state index in [0.717, 1.165) is 0 Å². The molecule has 2 aromatic heterocycles. The maximum Gasteiger partial charge on any atom is 0.194 e. The van der Waals surface area contributed by atoms with Gasteiger partial charge in [0.1, 0.15) is 17.9 Å². The molecule has 8 heteroatoms. The summed E-state index contributed by atoms with van der Waals surface area (Å²) in [5, 5.41) is 0. The molecule has 8 nitrogen and oxygen atoms in total. The van der Waals surface area contributed by atoms with Crippen LogP contribution in [0.3, 0.4) is 0 Å². The Labute approximate surface area is 107 Å². The summed E-state index contributed by atoms with van der Waals surface area (Å²) >= 11 is 0. The second-order valence-corrected chi connectivity index (χ2v) is 3.58. The predicted molar refractivity (Wildman–Crippen MR) is 66.0 cm³/mol. The third-order valence-electron chi connectivity index (χ3n) is 2.44. The second-order valence-electron chi connectivity index (χ2n) is 3.58. The van der Waals surface area contributed by atoms with E-state index < -0.39 is 12.3 Å². The number of hydrogen-bond donors (Lipinski definition) is 1. The number of nitrogen functional groups attached to an aromatic ring is 1. The van der Waals surface area contributed by atoms with E-state index in [2.05, 4.69) is 21.5 Å². The Balaban J connectivity index is 2.41. The third-order valence-corrected chi connectivity index (χ3v) is 2.44. The molecule has 2 N–H and O–H groups in total. The minimum absolute atomic E-state index is 0.198. The highest BCUT2D eigenvalue weighted by Crippen LogP contribution is 2.19. The highest BCUT2D eigenvalue weighted by molar-refractivity contribution is 5.81. The Kier molecular flexibility index (Phi) is 3.62. The molecule has 0 amide bonds. The van der Waals surface area contributed by atoms with E-state index in [-0.39, 0.29) is 5.82 Å². The monoisotopic (exact) mass is 261 g/mol. The van der Waals surface area contributed by atoms with Gasteiger partial charge in [-0.3, -0.25) is 9.36 Å². The first-order valence-corrected chi connectivity index (χ1v) is 5.33. The smallest absolute Gasteiger partial charge is 0.194 e. The lowest BCUT2D eigenvalue weighted by Crippen LogP contribution is -2.21. The third kappa shape index (κ3) is 2.33. The van der Waals surface area contributed by atoms with Crippen LogP contribution in [0, 0.1) is 0 Å². The maximum absolute atomic E-state index is 11.1. The number of carbonyl (C=O) groups is 2. The zero-order valence-electron chi connectivity index (χ0n) is 9.84. The van der Waals surface area contributed by atoms with Crippen molar-refractivity contribution in [3.63, 3.8) is 0 Å². The summed E-state index contributed by atoms with van der Waals surface area (Å²) in [6, 6.07) is 0. The lowest BCUT2D eigenvalue weighted by atomic mass is 10.4. The minimum atomic E-state index is -1.05. The number of anilines is 1. The first-order valence-electron chi connectivity index (χ1n) is 5.33. The van der Waals surface area contributed by atoms with Crippen LogP contribution in [0.15, 0.2) is 25.3 Å². The second kappa shape index (κ2) is 5.36. The summed E-state index contributed by atoms with van der Waals surface area (Å²) in [5.41, 5.74) is 6.34. The summed E-state index contributed by atoms with van der Waals surface area (Å²) in [5.74, 6) is 0.198. The van der Waals surface area contributed by atoms with E-state index in [4.69, 9.17) is 10.5 Å². The number of aldehydes is 2. The molecule has 2 aromatic rings. The van der Waals surface area contributed by atoms with E-state index in [9.17, 15) is 9.59 Å². The van der Waals surface area contributed by atoms with Crippen molar-refractivity contribution in [1.29, 1.82) is 0 Å². The molecular weight excluding hydrogens is 250 g/mol. The fourth-order valence-electron chi connectivity index (χ4n) is 1.52. The first kappa shape index (κ1) is 12.8. The summed E-state index contributed by atoms with van der Waals surface area (Å²) in [6.45, 7) is 3.43. The summed E-state index contributed by atoms with van der Waals surface area (Å²) < 4.78 is 6.62. The molecule has 2 atom stereocenters. The number of nitrogens with zero attached hydrogens (tertiary/aromatic N) is 4. The summed E-state index contributed by atoms with van der Waals surface area (Å²) in [6.07, 6.45) is 3.00. The number of imidazole rings is 1. The Hall–Kier alpha value is -2.61. The van der Waals surface area contributed by atoms with Crippen molar-refractivity contribution in [1.82, 2.24) is 19.5 Å². The topological polar surface area (TPSA) is 113 Å². The van der Waals surface area contributed by atoms with Crippen molar-refractivity contribution >= 4 is 29.6 Å². The molecule has 0 aliphatic carbocycles. The number of nitrogens with two attached hydrogens (primary N) is 1. The molecule has 2 heterocycles. The molecule has 0 aromatic carbocycles. The molecule has 0 saturated carbocycles. The fourth-order valence-corrected chi connectivity index (χ4v) is 1.52. The molecule has 0 saturated heterocycles. The minimum Gasteiger partial charge on any atom is -0.382 e. The van der Waals surface area contributed by atoms with Gasteiger partial charge >= 0.3 is 0 Å². The van der Waals surface area contributed by atoms with Crippen LogP contribution in [-0.2, 0) is 14.3 Å². The molecule has 0 spiro atoms. The molecule has 98 valence electrons. The van der Waals surface area contributed by atoms with Crippen LogP contribution in [0.4, 0.5) is 5.82 Å². The van der Waals surface area contributed by atoms with Gasteiger partial charge < -0.3 is 15.3 Å². The molecule has 0 aliphatic rings.